The van der Waals surface area contributed by atoms with E-state index in [1.807, 2.05) is 4.90 Å². The van der Waals surface area contributed by atoms with Crippen LogP contribution in [0.4, 0.5) is 14.5 Å². The summed E-state index contributed by atoms with van der Waals surface area (Å²) in [5.41, 5.74) is 6.24. The molecule has 4 nitrogen and oxygen atoms in total. The first-order chi connectivity index (χ1) is 11.0. The third kappa shape index (κ3) is 3.63. The summed E-state index contributed by atoms with van der Waals surface area (Å²) in [6.07, 6.45) is 3.67. The molecule has 6 heteroatoms. The quantitative estimate of drug-likeness (QED) is 0.907. The first-order valence-electron chi connectivity index (χ1n) is 8.29. The van der Waals surface area contributed by atoms with Crippen molar-refractivity contribution in [1.82, 2.24) is 4.90 Å². The topological polar surface area (TPSA) is 49.6 Å². The van der Waals surface area contributed by atoms with Crippen LogP contribution in [0.15, 0.2) is 18.2 Å². The highest BCUT2D eigenvalue weighted by Gasteiger charge is 2.31. The number of piperazine rings is 1. The molecule has 2 atom stereocenters. The van der Waals surface area contributed by atoms with Crippen LogP contribution < -0.4 is 10.6 Å². The molecule has 0 bridgehead atoms. The van der Waals surface area contributed by atoms with Gasteiger partial charge in [-0.15, -0.1) is 0 Å². The maximum absolute atomic E-state index is 13.8. The monoisotopic (exact) mass is 323 g/mol. The molecule has 1 saturated heterocycles. The van der Waals surface area contributed by atoms with Crippen molar-refractivity contribution in [2.45, 2.75) is 31.7 Å². The molecule has 0 radical (unpaired) electrons. The van der Waals surface area contributed by atoms with Gasteiger partial charge < -0.3 is 15.5 Å². The summed E-state index contributed by atoms with van der Waals surface area (Å²) in [4.78, 5) is 16.2. The smallest absolute Gasteiger partial charge is 0.225 e. The van der Waals surface area contributed by atoms with Crippen molar-refractivity contribution in [3.8, 4) is 0 Å². The van der Waals surface area contributed by atoms with Gasteiger partial charge in [0.05, 0.1) is 5.69 Å². The zero-order valence-corrected chi connectivity index (χ0v) is 13.2. The van der Waals surface area contributed by atoms with Crippen LogP contribution in [0.25, 0.3) is 0 Å². The van der Waals surface area contributed by atoms with Gasteiger partial charge in [-0.2, -0.15) is 0 Å². The lowest BCUT2D eigenvalue weighted by Gasteiger charge is -2.38. The Hall–Kier alpha value is -1.69. The Morgan fingerprint density at radius 1 is 1.13 bits per heavy atom. The van der Waals surface area contributed by atoms with E-state index in [9.17, 15) is 13.6 Å². The van der Waals surface area contributed by atoms with Crippen molar-refractivity contribution < 1.29 is 13.6 Å². The summed E-state index contributed by atoms with van der Waals surface area (Å²) in [7, 11) is 0. The number of amides is 1. The molecule has 1 aromatic carbocycles. The van der Waals surface area contributed by atoms with Crippen molar-refractivity contribution in [1.29, 1.82) is 0 Å². The Morgan fingerprint density at radius 2 is 1.87 bits per heavy atom. The number of hydrogen-bond acceptors (Lipinski definition) is 3. The number of rotatable bonds is 2. The van der Waals surface area contributed by atoms with Crippen LogP contribution in [0.3, 0.4) is 0 Å². The van der Waals surface area contributed by atoms with Crippen LogP contribution in [0.2, 0.25) is 0 Å². The lowest BCUT2D eigenvalue weighted by Crippen LogP contribution is -2.51. The van der Waals surface area contributed by atoms with Gasteiger partial charge in [0.25, 0.3) is 0 Å². The van der Waals surface area contributed by atoms with Crippen molar-refractivity contribution >= 4 is 11.6 Å². The molecule has 2 aliphatic rings. The van der Waals surface area contributed by atoms with Crippen molar-refractivity contribution in [2.24, 2.45) is 11.7 Å². The molecule has 3 rings (SSSR count). The molecule has 2 fully saturated rings. The number of anilines is 1. The van der Waals surface area contributed by atoms with Crippen LogP contribution in [-0.2, 0) is 4.79 Å². The van der Waals surface area contributed by atoms with Gasteiger partial charge in [-0.3, -0.25) is 4.79 Å². The summed E-state index contributed by atoms with van der Waals surface area (Å²) >= 11 is 0. The summed E-state index contributed by atoms with van der Waals surface area (Å²) in [5.74, 6) is -0.684. The molecule has 23 heavy (non-hydrogen) atoms. The summed E-state index contributed by atoms with van der Waals surface area (Å²) in [6.45, 7) is 2.12. The molecular formula is C17H23F2N3O. The highest BCUT2D eigenvalue weighted by atomic mass is 19.1. The van der Waals surface area contributed by atoms with Gasteiger partial charge in [-0.25, -0.2) is 8.78 Å². The minimum Gasteiger partial charge on any atom is -0.366 e. The molecule has 0 aromatic heterocycles. The van der Waals surface area contributed by atoms with E-state index < -0.39 is 11.6 Å². The molecule has 1 aliphatic carbocycles. The van der Waals surface area contributed by atoms with Crippen LogP contribution in [0.5, 0.6) is 0 Å². The number of carbonyl (C=O) groups is 1. The second-order valence-corrected chi connectivity index (χ2v) is 6.53. The summed E-state index contributed by atoms with van der Waals surface area (Å²) in [5, 5.41) is 0. The van der Waals surface area contributed by atoms with Crippen LogP contribution >= 0.6 is 0 Å². The Kier molecular flexibility index (Phi) is 4.80. The Bertz CT molecular complexity index is 573. The number of nitrogens with zero attached hydrogens (tertiary/aromatic N) is 2. The normalized spacial score (nSPS) is 25.5. The van der Waals surface area contributed by atoms with Gasteiger partial charge in [-0.1, -0.05) is 6.42 Å². The molecule has 1 heterocycles. The van der Waals surface area contributed by atoms with E-state index in [0.717, 1.165) is 37.8 Å². The number of halogens is 2. The van der Waals surface area contributed by atoms with E-state index in [0.29, 0.717) is 26.2 Å². The molecule has 126 valence electrons. The minimum absolute atomic E-state index is 0.0243. The average molecular weight is 323 g/mol. The van der Waals surface area contributed by atoms with Gasteiger partial charge in [0, 0.05) is 44.2 Å². The molecule has 1 amide bonds. The van der Waals surface area contributed by atoms with Crippen molar-refractivity contribution in [3.05, 3.63) is 29.8 Å². The van der Waals surface area contributed by atoms with Crippen LogP contribution in [0.1, 0.15) is 25.7 Å². The molecule has 1 saturated carbocycles. The van der Waals surface area contributed by atoms with E-state index in [1.165, 1.54) is 6.07 Å². The number of carbonyl (C=O) groups excluding carboxylic acids is 1. The Labute approximate surface area is 135 Å². The maximum atomic E-state index is 13.8. The Morgan fingerprint density at radius 3 is 2.57 bits per heavy atom. The van der Waals surface area contributed by atoms with Crippen LogP contribution in [0, 0.1) is 17.6 Å². The molecule has 2 unspecified atom stereocenters. The number of benzene rings is 1. The lowest BCUT2D eigenvalue weighted by atomic mass is 9.85. The highest BCUT2D eigenvalue weighted by molar-refractivity contribution is 5.79. The first-order valence-corrected chi connectivity index (χ1v) is 8.29. The fourth-order valence-corrected chi connectivity index (χ4v) is 3.61. The fourth-order valence-electron chi connectivity index (χ4n) is 3.61. The van der Waals surface area contributed by atoms with Gasteiger partial charge in [0.1, 0.15) is 11.6 Å². The zero-order chi connectivity index (χ0) is 16.4. The number of hydrogen-bond donors (Lipinski definition) is 1. The second-order valence-electron chi connectivity index (χ2n) is 6.53. The highest BCUT2D eigenvalue weighted by Crippen LogP contribution is 2.26. The SMILES string of the molecule is NC1CCCC(C(=O)N2CCN(c3cc(F)ccc3F)CC2)C1. The predicted molar refractivity (Wildman–Crippen MR) is 85.1 cm³/mol. The molecule has 0 spiro atoms. The lowest BCUT2D eigenvalue weighted by molar-refractivity contribution is -0.137. The second kappa shape index (κ2) is 6.83. The van der Waals surface area contributed by atoms with E-state index in [1.54, 1.807) is 4.90 Å². The van der Waals surface area contributed by atoms with E-state index >= 15 is 0 Å². The van der Waals surface area contributed by atoms with E-state index in [4.69, 9.17) is 5.73 Å². The molecule has 2 N–H and O–H groups in total. The largest absolute Gasteiger partial charge is 0.366 e. The average Bonchev–Trinajstić information content (AvgIpc) is 2.56. The van der Waals surface area contributed by atoms with Gasteiger partial charge >= 0.3 is 0 Å². The zero-order valence-electron chi connectivity index (χ0n) is 13.2. The molecular weight excluding hydrogens is 300 g/mol. The molecule has 1 aromatic rings. The van der Waals surface area contributed by atoms with Gasteiger partial charge in [-0.05, 0) is 31.4 Å². The molecule has 1 aliphatic heterocycles. The van der Waals surface area contributed by atoms with E-state index in [-0.39, 0.29) is 23.6 Å². The third-order valence-electron chi connectivity index (χ3n) is 4.90. The van der Waals surface area contributed by atoms with Crippen molar-refractivity contribution in [2.75, 3.05) is 31.1 Å². The predicted octanol–water partition coefficient (Wildman–Crippen LogP) is 2.13. The first kappa shape index (κ1) is 16.2. The van der Waals surface area contributed by atoms with Gasteiger partial charge in [0.15, 0.2) is 0 Å². The summed E-state index contributed by atoms with van der Waals surface area (Å²) < 4.78 is 27.2. The third-order valence-corrected chi connectivity index (χ3v) is 4.90. The van der Waals surface area contributed by atoms with Gasteiger partial charge in [0.2, 0.25) is 5.91 Å². The summed E-state index contributed by atoms with van der Waals surface area (Å²) in [6, 6.07) is 3.60. The minimum atomic E-state index is -0.448. The van der Waals surface area contributed by atoms with Crippen LogP contribution in [-0.4, -0.2) is 43.0 Å². The van der Waals surface area contributed by atoms with E-state index in [2.05, 4.69) is 0 Å². The van der Waals surface area contributed by atoms with Crippen molar-refractivity contribution in [3.63, 3.8) is 0 Å². The number of nitrogens with two attached hydrogens (primary N) is 1. The maximum Gasteiger partial charge on any atom is 0.225 e. The fraction of sp³-hybridized carbons (Fsp3) is 0.588. The Balaban J connectivity index is 1.59. The standard InChI is InChI=1S/C17H23F2N3O/c18-13-4-5-15(19)16(11-13)21-6-8-22(9-7-21)17(23)12-2-1-3-14(20)10-12/h4-5,11-12,14H,1-3,6-10,20H2.